The Bertz CT molecular complexity index is 170. The molecular weight excluding hydrogens is 226 g/mol. The van der Waals surface area contributed by atoms with Gasteiger partial charge in [-0.3, -0.25) is 0 Å². The molecule has 0 rings (SSSR count). The van der Waals surface area contributed by atoms with E-state index in [2.05, 4.69) is 12.2 Å². The largest absolute Gasteiger partial charge is 0.394 e. The maximum Gasteiger partial charge on any atom is 0.0610 e. The number of unbranched alkanes of at least 4 members (excludes halogenated alkanes) is 5. The van der Waals surface area contributed by atoms with Crippen LogP contribution < -0.4 is 5.32 Å². The van der Waals surface area contributed by atoms with E-state index < -0.39 is 0 Å². The van der Waals surface area contributed by atoms with Crippen LogP contribution >= 0.6 is 0 Å². The van der Waals surface area contributed by atoms with Crippen LogP contribution in [0.15, 0.2) is 0 Å². The topological polar surface area (TPSA) is 41.5 Å². The molecule has 0 amide bonds. The molecule has 0 bridgehead atoms. The zero-order chi connectivity index (χ0) is 13.7. The van der Waals surface area contributed by atoms with Crippen molar-refractivity contribution in [2.45, 2.75) is 70.8 Å². The van der Waals surface area contributed by atoms with E-state index in [0.29, 0.717) is 0 Å². The van der Waals surface area contributed by atoms with Crippen molar-refractivity contribution in [2.24, 2.45) is 0 Å². The fourth-order valence-corrected chi connectivity index (χ4v) is 1.93. The molecule has 18 heavy (non-hydrogen) atoms. The molecule has 0 saturated carbocycles. The number of aliphatic hydroxyl groups excluding tert-OH is 1. The second-order valence-corrected chi connectivity index (χ2v) is 5.45. The van der Waals surface area contributed by atoms with Gasteiger partial charge in [0.05, 0.1) is 6.61 Å². The maximum absolute atomic E-state index is 9.23. The first-order valence-electron chi connectivity index (χ1n) is 7.56. The summed E-state index contributed by atoms with van der Waals surface area (Å²) >= 11 is 0. The lowest BCUT2D eigenvalue weighted by Crippen LogP contribution is -2.43. The minimum absolute atomic E-state index is 0.149. The van der Waals surface area contributed by atoms with Crippen LogP contribution in [0.5, 0.6) is 0 Å². The zero-order valence-corrected chi connectivity index (χ0v) is 12.6. The van der Waals surface area contributed by atoms with Gasteiger partial charge in [0.2, 0.25) is 0 Å². The van der Waals surface area contributed by atoms with Crippen molar-refractivity contribution in [1.82, 2.24) is 5.32 Å². The third kappa shape index (κ3) is 9.86. The Morgan fingerprint density at radius 1 is 1.00 bits per heavy atom. The van der Waals surface area contributed by atoms with Crippen molar-refractivity contribution in [3.8, 4) is 0 Å². The van der Waals surface area contributed by atoms with E-state index in [0.717, 1.165) is 26.1 Å². The summed E-state index contributed by atoms with van der Waals surface area (Å²) in [4.78, 5) is 0. The fraction of sp³-hybridized carbons (Fsp3) is 1.00. The minimum atomic E-state index is -0.149. The summed E-state index contributed by atoms with van der Waals surface area (Å²) in [6.45, 7) is 6.17. The van der Waals surface area contributed by atoms with Crippen molar-refractivity contribution in [2.75, 3.05) is 26.9 Å². The van der Waals surface area contributed by atoms with Crippen LogP contribution in [0.1, 0.15) is 65.2 Å². The van der Waals surface area contributed by atoms with Gasteiger partial charge in [-0.15, -0.1) is 0 Å². The molecule has 0 aromatic carbocycles. The van der Waals surface area contributed by atoms with Crippen molar-refractivity contribution in [3.63, 3.8) is 0 Å². The quantitative estimate of drug-likeness (QED) is 0.499. The molecule has 0 aliphatic rings. The number of nitrogens with one attached hydrogen (secondary N) is 1. The standard InChI is InChI=1S/C15H33NO2/c1-4-5-6-7-8-9-12-18-13-10-11-15(2,14-17)16-3/h16-17H,4-14H2,1-3H3. The second kappa shape index (κ2) is 11.9. The Hall–Kier alpha value is -0.120. The van der Waals surface area contributed by atoms with Crippen LogP contribution in [0.3, 0.4) is 0 Å². The van der Waals surface area contributed by atoms with Gasteiger partial charge in [-0.2, -0.15) is 0 Å². The molecule has 110 valence electrons. The summed E-state index contributed by atoms with van der Waals surface area (Å²) in [5.41, 5.74) is -0.149. The Morgan fingerprint density at radius 2 is 1.61 bits per heavy atom. The molecule has 0 aromatic heterocycles. The molecule has 0 spiro atoms. The zero-order valence-electron chi connectivity index (χ0n) is 12.6. The van der Waals surface area contributed by atoms with Gasteiger partial charge in [0.1, 0.15) is 0 Å². The van der Waals surface area contributed by atoms with Gasteiger partial charge in [0.15, 0.2) is 0 Å². The fourth-order valence-electron chi connectivity index (χ4n) is 1.93. The van der Waals surface area contributed by atoms with Gasteiger partial charge in [-0.05, 0) is 33.2 Å². The highest BCUT2D eigenvalue weighted by atomic mass is 16.5. The number of ether oxygens (including phenoxy) is 1. The van der Waals surface area contributed by atoms with Crippen LogP contribution in [-0.2, 0) is 4.74 Å². The Morgan fingerprint density at radius 3 is 2.22 bits per heavy atom. The smallest absolute Gasteiger partial charge is 0.0610 e. The summed E-state index contributed by atoms with van der Waals surface area (Å²) in [5, 5.41) is 12.4. The van der Waals surface area contributed by atoms with E-state index in [1.807, 2.05) is 14.0 Å². The number of likely N-dealkylation sites (N-methyl/N-ethyl adjacent to an activating group) is 1. The van der Waals surface area contributed by atoms with Gasteiger partial charge in [0, 0.05) is 18.8 Å². The lowest BCUT2D eigenvalue weighted by atomic mass is 9.97. The Balaban J connectivity index is 3.21. The van der Waals surface area contributed by atoms with Crippen LogP contribution in [0, 0.1) is 0 Å². The molecular formula is C15H33NO2. The van der Waals surface area contributed by atoms with Crippen molar-refractivity contribution in [3.05, 3.63) is 0 Å². The molecule has 0 heterocycles. The van der Waals surface area contributed by atoms with E-state index in [1.54, 1.807) is 0 Å². The van der Waals surface area contributed by atoms with E-state index >= 15 is 0 Å². The molecule has 0 fully saturated rings. The summed E-state index contributed by atoms with van der Waals surface area (Å²) in [6, 6.07) is 0. The van der Waals surface area contributed by atoms with Gasteiger partial charge in [-0.1, -0.05) is 39.0 Å². The van der Waals surface area contributed by atoms with E-state index in [-0.39, 0.29) is 12.1 Å². The van der Waals surface area contributed by atoms with Crippen LogP contribution in [0.25, 0.3) is 0 Å². The molecule has 3 heteroatoms. The molecule has 0 saturated heterocycles. The molecule has 0 radical (unpaired) electrons. The van der Waals surface area contributed by atoms with E-state index in [1.165, 1.54) is 38.5 Å². The maximum atomic E-state index is 9.23. The second-order valence-electron chi connectivity index (χ2n) is 5.45. The summed E-state index contributed by atoms with van der Waals surface area (Å²) in [6.07, 6.45) is 9.84. The normalized spacial score (nSPS) is 14.7. The highest BCUT2D eigenvalue weighted by molar-refractivity contribution is 4.79. The number of rotatable bonds is 13. The molecule has 1 atom stereocenters. The van der Waals surface area contributed by atoms with Gasteiger partial charge >= 0.3 is 0 Å². The SMILES string of the molecule is CCCCCCCCOCCCC(C)(CO)NC. The number of aliphatic hydroxyl groups is 1. The predicted molar refractivity (Wildman–Crippen MR) is 78.0 cm³/mol. The molecule has 0 aliphatic heterocycles. The number of hydrogen-bond acceptors (Lipinski definition) is 3. The van der Waals surface area contributed by atoms with Crippen molar-refractivity contribution >= 4 is 0 Å². The average Bonchev–Trinajstić information content (AvgIpc) is 2.40. The van der Waals surface area contributed by atoms with Gasteiger partial charge in [0.25, 0.3) is 0 Å². The average molecular weight is 259 g/mol. The predicted octanol–water partition coefficient (Wildman–Crippen LogP) is 3.11. The lowest BCUT2D eigenvalue weighted by molar-refractivity contribution is 0.109. The minimum Gasteiger partial charge on any atom is -0.394 e. The summed E-state index contributed by atoms with van der Waals surface area (Å²) in [7, 11) is 1.90. The molecule has 1 unspecified atom stereocenters. The Labute approximate surface area is 113 Å². The third-order valence-electron chi connectivity index (χ3n) is 3.61. The molecule has 3 nitrogen and oxygen atoms in total. The summed E-state index contributed by atoms with van der Waals surface area (Å²) in [5.74, 6) is 0. The highest BCUT2D eigenvalue weighted by Crippen LogP contribution is 2.11. The van der Waals surface area contributed by atoms with Crippen LogP contribution in [-0.4, -0.2) is 37.5 Å². The highest BCUT2D eigenvalue weighted by Gasteiger charge is 2.19. The summed E-state index contributed by atoms with van der Waals surface area (Å²) < 4.78 is 5.62. The third-order valence-corrected chi connectivity index (χ3v) is 3.61. The molecule has 0 aliphatic carbocycles. The number of hydrogen-bond donors (Lipinski definition) is 2. The monoisotopic (exact) mass is 259 g/mol. The molecule has 0 aromatic rings. The first-order chi connectivity index (χ1) is 8.68. The Kier molecular flexibility index (Phi) is 11.9. The first-order valence-corrected chi connectivity index (χ1v) is 7.56. The van der Waals surface area contributed by atoms with Gasteiger partial charge in [-0.25, -0.2) is 0 Å². The van der Waals surface area contributed by atoms with Crippen LogP contribution in [0.2, 0.25) is 0 Å². The van der Waals surface area contributed by atoms with Gasteiger partial charge < -0.3 is 15.2 Å². The van der Waals surface area contributed by atoms with Crippen molar-refractivity contribution < 1.29 is 9.84 Å². The first kappa shape index (κ1) is 17.9. The molecule has 2 N–H and O–H groups in total. The van der Waals surface area contributed by atoms with Crippen molar-refractivity contribution in [1.29, 1.82) is 0 Å². The van der Waals surface area contributed by atoms with E-state index in [9.17, 15) is 5.11 Å². The lowest BCUT2D eigenvalue weighted by Gasteiger charge is -2.26. The van der Waals surface area contributed by atoms with Crippen LogP contribution in [0.4, 0.5) is 0 Å². The van der Waals surface area contributed by atoms with E-state index in [4.69, 9.17) is 4.74 Å².